The molecule has 1 aromatic carbocycles. The maximum atomic E-state index is 13.4. The molecule has 0 spiro atoms. The van der Waals surface area contributed by atoms with E-state index in [0.29, 0.717) is 36.8 Å². The van der Waals surface area contributed by atoms with Crippen LogP contribution in [0.2, 0.25) is 0 Å². The van der Waals surface area contributed by atoms with Gasteiger partial charge in [-0.2, -0.15) is 5.26 Å². The van der Waals surface area contributed by atoms with Crippen LogP contribution < -0.4 is 10.2 Å². The smallest absolute Gasteiger partial charge is 0.225 e. The number of aromatic nitrogens is 3. The van der Waals surface area contributed by atoms with Gasteiger partial charge in [-0.25, -0.2) is 23.4 Å². The number of nitriles is 1. The molecule has 0 bridgehead atoms. The number of sulfone groups is 1. The lowest BCUT2D eigenvalue weighted by Gasteiger charge is -2.31. The molecule has 202 valence electrons. The van der Waals surface area contributed by atoms with Crippen LogP contribution in [0.25, 0.3) is 21.3 Å². The van der Waals surface area contributed by atoms with E-state index in [4.69, 9.17) is 4.98 Å². The number of rotatable bonds is 6. The summed E-state index contributed by atoms with van der Waals surface area (Å²) >= 11 is 1.53. The van der Waals surface area contributed by atoms with Crippen LogP contribution in [-0.2, 0) is 14.6 Å². The first-order valence-electron chi connectivity index (χ1n) is 13.4. The molecule has 6 rings (SSSR count). The summed E-state index contributed by atoms with van der Waals surface area (Å²) < 4.78 is 23.7. The molecule has 1 amide bonds. The summed E-state index contributed by atoms with van der Waals surface area (Å²) in [6, 6.07) is 12.2. The number of hydrogen-bond donors (Lipinski definition) is 1. The maximum Gasteiger partial charge on any atom is 0.225 e. The van der Waals surface area contributed by atoms with Crippen molar-refractivity contribution < 1.29 is 13.2 Å². The molecule has 1 aliphatic heterocycles. The lowest BCUT2D eigenvalue weighted by atomic mass is 9.76. The fourth-order valence-corrected chi connectivity index (χ4v) is 7.87. The first-order valence-corrected chi connectivity index (χ1v) is 16.1. The molecule has 2 aliphatic carbocycles. The molecular formula is C28H30N6O3S2. The Morgan fingerprint density at radius 2 is 1.77 bits per heavy atom. The lowest BCUT2D eigenvalue weighted by molar-refractivity contribution is -0.127. The SMILES string of the molecule is N#CC1(NC(=O)C2CCCCC2c2nc(-c3ncccn3)sc2-c2ccc(N3CCS(=O)(=O)CC3)cc2)CC1. The Kier molecular flexibility index (Phi) is 6.85. The van der Waals surface area contributed by atoms with E-state index in [9.17, 15) is 18.5 Å². The zero-order chi connectivity index (χ0) is 27.0. The van der Waals surface area contributed by atoms with Crippen molar-refractivity contribution in [1.29, 1.82) is 5.26 Å². The molecule has 2 atom stereocenters. The van der Waals surface area contributed by atoms with Gasteiger partial charge < -0.3 is 10.2 Å². The van der Waals surface area contributed by atoms with Crippen molar-refractivity contribution in [2.45, 2.75) is 50.0 Å². The molecule has 3 aromatic rings. The van der Waals surface area contributed by atoms with Crippen molar-refractivity contribution in [3.63, 3.8) is 0 Å². The largest absolute Gasteiger partial charge is 0.369 e. The molecule has 1 saturated heterocycles. The van der Waals surface area contributed by atoms with Crippen molar-refractivity contribution in [3.8, 4) is 27.3 Å². The van der Waals surface area contributed by atoms with E-state index in [0.717, 1.165) is 47.5 Å². The summed E-state index contributed by atoms with van der Waals surface area (Å²) in [7, 11) is -2.95. The number of nitrogens with zero attached hydrogens (tertiary/aromatic N) is 5. The molecular weight excluding hydrogens is 532 g/mol. The van der Waals surface area contributed by atoms with E-state index in [-0.39, 0.29) is 29.2 Å². The second-order valence-corrected chi connectivity index (χ2v) is 14.0. The van der Waals surface area contributed by atoms with Crippen LogP contribution in [0.1, 0.15) is 50.1 Å². The second kappa shape index (κ2) is 10.3. The van der Waals surface area contributed by atoms with Crippen LogP contribution in [0.3, 0.4) is 0 Å². The Morgan fingerprint density at radius 1 is 1.08 bits per heavy atom. The fourth-order valence-electron chi connectivity index (χ4n) is 5.58. The molecule has 11 heteroatoms. The Labute approximate surface area is 232 Å². The maximum absolute atomic E-state index is 13.4. The standard InChI is InChI=1S/C28H30N6O3S2/c29-18-28(10-11-28)33-26(35)22-5-2-1-4-21(22)23-24(38-27(32-23)25-30-12-3-13-31-25)19-6-8-20(9-7-19)34-14-16-39(36,37)17-15-34/h3,6-9,12-13,21-22H,1-2,4-5,10-11,14-17H2,(H,33,35). The summed E-state index contributed by atoms with van der Waals surface area (Å²) in [4.78, 5) is 30.4. The Morgan fingerprint density at radius 3 is 2.44 bits per heavy atom. The fraction of sp³-hybridized carbons (Fsp3) is 0.464. The molecule has 1 N–H and O–H groups in total. The highest BCUT2D eigenvalue weighted by atomic mass is 32.2. The average molecular weight is 563 g/mol. The number of carbonyl (C=O) groups excluding carboxylic acids is 1. The third-order valence-corrected chi connectivity index (χ3v) is 10.8. The van der Waals surface area contributed by atoms with E-state index >= 15 is 0 Å². The molecule has 3 fully saturated rings. The van der Waals surface area contributed by atoms with Gasteiger partial charge in [0.15, 0.2) is 20.7 Å². The lowest BCUT2D eigenvalue weighted by Crippen LogP contribution is -2.42. The van der Waals surface area contributed by atoms with Gasteiger partial charge in [-0.1, -0.05) is 25.0 Å². The van der Waals surface area contributed by atoms with Crippen LogP contribution in [0.15, 0.2) is 42.7 Å². The zero-order valence-electron chi connectivity index (χ0n) is 21.5. The van der Waals surface area contributed by atoms with Gasteiger partial charge in [0, 0.05) is 43.0 Å². The molecule has 3 aliphatic rings. The Hall–Kier alpha value is -3.36. The predicted octanol–water partition coefficient (Wildman–Crippen LogP) is 3.95. The summed E-state index contributed by atoms with van der Waals surface area (Å²) in [5, 5.41) is 13.3. The summed E-state index contributed by atoms with van der Waals surface area (Å²) in [6.45, 7) is 0.984. The third kappa shape index (κ3) is 5.40. The quantitative estimate of drug-likeness (QED) is 0.478. The van der Waals surface area contributed by atoms with Crippen LogP contribution in [0, 0.1) is 17.2 Å². The van der Waals surface area contributed by atoms with E-state index in [1.807, 2.05) is 12.1 Å². The molecule has 0 radical (unpaired) electrons. The van der Waals surface area contributed by atoms with Gasteiger partial charge in [-0.3, -0.25) is 4.79 Å². The van der Waals surface area contributed by atoms with E-state index in [2.05, 4.69) is 38.4 Å². The van der Waals surface area contributed by atoms with E-state index < -0.39 is 15.4 Å². The van der Waals surface area contributed by atoms with Crippen LogP contribution in [-0.4, -0.2) is 59.4 Å². The minimum atomic E-state index is -2.95. The third-order valence-electron chi connectivity index (χ3n) is 8.03. The van der Waals surface area contributed by atoms with Gasteiger partial charge >= 0.3 is 0 Å². The van der Waals surface area contributed by atoms with Gasteiger partial charge in [0.1, 0.15) is 5.54 Å². The van der Waals surface area contributed by atoms with Gasteiger partial charge in [-0.05, 0) is 49.4 Å². The highest BCUT2D eigenvalue weighted by Gasteiger charge is 2.47. The molecule has 2 unspecified atom stereocenters. The number of thiazole rings is 1. The topological polar surface area (TPSA) is 129 Å². The molecule has 2 saturated carbocycles. The molecule has 3 heterocycles. The van der Waals surface area contributed by atoms with Crippen molar-refractivity contribution in [3.05, 3.63) is 48.4 Å². The Bertz CT molecular complexity index is 1500. The second-order valence-electron chi connectivity index (χ2n) is 10.7. The number of anilines is 1. The van der Waals surface area contributed by atoms with Crippen molar-refractivity contribution in [1.82, 2.24) is 20.3 Å². The van der Waals surface area contributed by atoms with E-state index in [1.54, 1.807) is 18.5 Å². The summed E-state index contributed by atoms with van der Waals surface area (Å²) in [6.07, 6.45) is 8.42. The van der Waals surface area contributed by atoms with Crippen molar-refractivity contribution >= 4 is 32.8 Å². The minimum Gasteiger partial charge on any atom is -0.369 e. The number of benzene rings is 1. The normalized spacial score (nSPS) is 23.5. The highest BCUT2D eigenvalue weighted by Crippen LogP contribution is 2.46. The van der Waals surface area contributed by atoms with Crippen molar-refractivity contribution in [2.24, 2.45) is 5.92 Å². The highest BCUT2D eigenvalue weighted by molar-refractivity contribution is 7.91. The zero-order valence-corrected chi connectivity index (χ0v) is 23.2. The molecule has 39 heavy (non-hydrogen) atoms. The number of hydrogen-bond acceptors (Lipinski definition) is 9. The average Bonchev–Trinajstić information content (AvgIpc) is 3.60. The summed E-state index contributed by atoms with van der Waals surface area (Å²) in [5.74, 6) is 0.539. The molecule has 9 nitrogen and oxygen atoms in total. The number of carbonyl (C=O) groups is 1. The van der Waals surface area contributed by atoms with E-state index in [1.165, 1.54) is 11.3 Å². The summed E-state index contributed by atoms with van der Waals surface area (Å²) in [5.41, 5.74) is 2.18. The number of amides is 1. The van der Waals surface area contributed by atoms with Crippen LogP contribution in [0.4, 0.5) is 5.69 Å². The Balaban J connectivity index is 1.34. The first kappa shape index (κ1) is 25.9. The van der Waals surface area contributed by atoms with Gasteiger partial charge in [-0.15, -0.1) is 11.3 Å². The van der Waals surface area contributed by atoms with Gasteiger partial charge in [0.25, 0.3) is 0 Å². The predicted molar refractivity (Wildman–Crippen MR) is 150 cm³/mol. The minimum absolute atomic E-state index is 0.0504. The van der Waals surface area contributed by atoms with Crippen molar-refractivity contribution in [2.75, 3.05) is 29.5 Å². The first-order chi connectivity index (χ1) is 18.9. The van der Waals surface area contributed by atoms with Gasteiger partial charge in [0.05, 0.1) is 28.1 Å². The van der Waals surface area contributed by atoms with Crippen LogP contribution >= 0.6 is 11.3 Å². The molecule has 2 aromatic heterocycles. The number of nitrogens with one attached hydrogen (secondary N) is 1. The van der Waals surface area contributed by atoms with Crippen LogP contribution in [0.5, 0.6) is 0 Å². The monoisotopic (exact) mass is 562 g/mol. The van der Waals surface area contributed by atoms with Gasteiger partial charge in [0.2, 0.25) is 5.91 Å².